The maximum Gasteiger partial charge on any atom is 0.312 e. The molecule has 0 aromatic carbocycles. The van der Waals surface area contributed by atoms with E-state index in [1.807, 2.05) is 4.90 Å². The molecule has 3 rings (SSSR count). The average molecular weight is 330 g/mol. The van der Waals surface area contributed by atoms with E-state index in [0.29, 0.717) is 24.8 Å². The van der Waals surface area contributed by atoms with Gasteiger partial charge < -0.3 is 9.63 Å². The van der Waals surface area contributed by atoms with Crippen LogP contribution < -0.4 is 0 Å². The molecule has 22 heavy (non-hydrogen) atoms. The summed E-state index contributed by atoms with van der Waals surface area (Å²) in [7, 11) is -3.38. The molecule has 3 heterocycles. The lowest BCUT2D eigenvalue weighted by Crippen LogP contribution is -2.41. The van der Waals surface area contributed by atoms with E-state index < -0.39 is 21.4 Å². The first-order valence-corrected chi connectivity index (χ1v) is 8.75. The van der Waals surface area contributed by atoms with Crippen molar-refractivity contribution in [1.29, 1.82) is 0 Å². The van der Waals surface area contributed by atoms with Gasteiger partial charge in [-0.2, -0.15) is 4.98 Å². The van der Waals surface area contributed by atoms with Crippen LogP contribution in [0.1, 0.15) is 11.7 Å². The second-order valence-corrected chi connectivity index (χ2v) is 8.10. The standard InChI is InChI=1S/C12H18N4O5S/c1-8-13-10(14-21-8)5-15-3-9-4-16(22(2,19)20)7-12(9,6-15)11(17)18/h9H,3-7H2,1-2H3,(H,17,18)/t9-,12-/m0/s1. The Balaban J connectivity index is 1.78. The first kappa shape index (κ1) is 15.4. The number of aliphatic carboxylic acids is 1. The van der Waals surface area contributed by atoms with Crippen LogP contribution in [0.5, 0.6) is 0 Å². The van der Waals surface area contributed by atoms with E-state index in [4.69, 9.17) is 4.52 Å². The summed E-state index contributed by atoms with van der Waals surface area (Å²) < 4.78 is 29.6. The fraction of sp³-hybridized carbons (Fsp3) is 0.750. The fourth-order valence-corrected chi connectivity index (χ4v) is 4.32. The largest absolute Gasteiger partial charge is 0.481 e. The lowest BCUT2D eigenvalue weighted by molar-refractivity contribution is -0.148. The van der Waals surface area contributed by atoms with Crippen LogP contribution in [0.3, 0.4) is 0 Å². The SMILES string of the molecule is Cc1nc(CN2C[C@H]3CN(S(C)(=O)=O)C[C@@]3(C(=O)O)C2)no1. The van der Waals surface area contributed by atoms with Gasteiger partial charge in [-0.25, -0.2) is 12.7 Å². The number of carboxylic acids is 1. The molecule has 1 aromatic rings. The van der Waals surface area contributed by atoms with Gasteiger partial charge in [-0.05, 0) is 0 Å². The van der Waals surface area contributed by atoms with E-state index in [9.17, 15) is 18.3 Å². The Morgan fingerprint density at radius 1 is 1.45 bits per heavy atom. The zero-order valence-electron chi connectivity index (χ0n) is 12.4. The number of likely N-dealkylation sites (tertiary alicyclic amines) is 1. The van der Waals surface area contributed by atoms with Gasteiger partial charge in [-0.1, -0.05) is 5.16 Å². The summed E-state index contributed by atoms with van der Waals surface area (Å²) >= 11 is 0. The highest BCUT2D eigenvalue weighted by Crippen LogP contribution is 2.43. The Morgan fingerprint density at radius 3 is 2.68 bits per heavy atom. The van der Waals surface area contributed by atoms with Crippen molar-refractivity contribution in [1.82, 2.24) is 19.3 Å². The number of carboxylic acid groups (broad SMARTS) is 1. The first-order valence-electron chi connectivity index (χ1n) is 6.91. The van der Waals surface area contributed by atoms with Crippen LogP contribution in [0.25, 0.3) is 0 Å². The minimum absolute atomic E-state index is 0.0214. The van der Waals surface area contributed by atoms with E-state index in [2.05, 4.69) is 10.1 Å². The molecule has 0 bridgehead atoms. The summed E-state index contributed by atoms with van der Waals surface area (Å²) in [6.45, 7) is 3.15. The van der Waals surface area contributed by atoms with Crippen molar-refractivity contribution in [3.63, 3.8) is 0 Å². The lowest BCUT2D eigenvalue weighted by Gasteiger charge is -2.24. The van der Waals surface area contributed by atoms with Gasteiger partial charge in [0, 0.05) is 39.0 Å². The third-order valence-corrected chi connectivity index (χ3v) is 5.69. The fourth-order valence-electron chi connectivity index (χ4n) is 3.40. The number of aromatic nitrogens is 2. The smallest absolute Gasteiger partial charge is 0.312 e. The molecule has 122 valence electrons. The molecule has 1 N–H and O–H groups in total. The number of hydrogen-bond acceptors (Lipinski definition) is 7. The Labute approximate surface area is 127 Å². The Hall–Kier alpha value is -1.52. The summed E-state index contributed by atoms with van der Waals surface area (Å²) in [5.41, 5.74) is -1.05. The number of nitrogens with zero attached hydrogens (tertiary/aromatic N) is 4. The van der Waals surface area contributed by atoms with Crippen molar-refractivity contribution in [3.05, 3.63) is 11.7 Å². The van der Waals surface area contributed by atoms with Crippen molar-refractivity contribution in [2.45, 2.75) is 13.5 Å². The van der Waals surface area contributed by atoms with Gasteiger partial charge in [-0.15, -0.1) is 0 Å². The maximum atomic E-state index is 11.8. The van der Waals surface area contributed by atoms with E-state index in [-0.39, 0.29) is 25.6 Å². The monoisotopic (exact) mass is 330 g/mol. The Bertz CT molecular complexity index is 702. The molecule has 0 aliphatic carbocycles. The number of rotatable bonds is 4. The molecule has 0 spiro atoms. The normalized spacial score (nSPS) is 29.8. The van der Waals surface area contributed by atoms with Gasteiger partial charge in [0.2, 0.25) is 15.9 Å². The van der Waals surface area contributed by atoms with Crippen LogP contribution in [0.4, 0.5) is 0 Å². The van der Waals surface area contributed by atoms with E-state index in [1.165, 1.54) is 4.31 Å². The number of sulfonamides is 1. The minimum Gasteiger partial charge on any atom is -0.481 e. The van der Waals surface area contributed by atoms with Crippen molar-refractivity contribution < 1.29 is 22.8 Å². The predicted octanol–water partition coefficient (Wildman–Crippen LogP) is -0.844. The topological polar surface area (TPSA) is 117 Å². The summed E-state index contributed by atoms with van der Waals surface area (Å²) in [6.07, 6.45) is 1.11. The zero-order valence-corrected chi connectivity index (χ0v) is 13.2. The molecule has 10 heteroatoms. The van der Waals surface area contributed by atoms with Crippen molar-refractivity contribution in [2.75, 3.05) is 32.4 Å². The minimum atomic E-state index is -3.38. The highest BCUT2D eigenvalue weighted by molar-refractivity contribution is 7.88. The molecule has 2 aliphatic rings. The third-order valence-electron chi connectivity index (χ3n) is 4.48. The Kier molecular flexibility index (Phi) is 3.49. The van der Waals surface area contributed by atoms with Crippen LogP contribution >= 0.6 is 0 Å². The van der Waals surface area contributed by atoms with Crippen LogP contribution in [0, 0.1) is 18.3 Å². The van der Waals surface area contributed by atoms with Gasteiger partial charge in [0.15, 0.2) is 5.82 Å². The molecule has 2 atom stereocenters. The van der Waals surface area contributed by atoms with Gasteiger partial charge >= 0.3 is 5.97 Å². The second-order valence-electron chi connectivity index (χ2n) is 6.11. The molecule has 1 aromatic heterocycles. The first-order chi connectivity index (χ1) is 10.2. The molecular weight excluding hydrogens is 312 g/mol. The zero-order chi connectivity index (χ0) is 16.1. The highest BCUT2D eigenvalue weighted by Gasteiger charge is 2.59. The quantitative estimate of drug-likeness (QED) is 0.759. The van der Waals surface area contributed by atoms with Crippen molar-refractivity contribution in [2.24, 2.45) is 11.3 Å². The number of carbonyl (C=O) groups is 1. The third kappa shape index (κ3) is 2.50. The molecule has 0 saturated carbocycles. The van der Waals surface area contributed by atoms with Crippen molar-refractivity contribution >= 4 is 16.0 Å². The van der Waals surface area contributed by atoms with Crippen LogP contribution in [0.2, 0.25) is 0 Å². The molecule has 0 unspecified atom stereocenters. The number of hydrogen-bond donors (Lipinski definition) is 1. The number of aryl methyl sites for hydroxylation is 1. The highest BCUT2D eigenvalue weighted by atomic mass is 32.2. The molecule has 0 radical (unpaired) electrons. The Morgan fingerprint density at radius 2 is 2.18 bits per heavy atom. The molecular formula is C12H18N4O5S. The lowest BCUT2D eigenvalue weighted by atomic mass is 9.81. The van der Waals surface area contributed by atoms with Gasteiger partial charge in [0.05, 0.1) is 18.2 Å². The van der Waals surface area contributed by atoms with Crippen molar-refractivity contribution in [3.8, 4) is 0 Å². The van der Waals surface area contributed by atoms with E-state index in [0.717, 1.165) is 6.26 Å². The van der Waals surface area contributed by atoms with E-state index >= 15 is 0 Å². The maximum absolute atomic E-state index is 11.8. The average Bonchev–Trinajstić information content (AvgIpc) is 3.01. The van der Waals surface area contributed by atoms with Crippen LogP contribution in [-0.2, 0) is 21.4 Å². The van der Waals surface area contributed by atoms with Crippen LogP contribution in [-0.4, -0.2) is 71.3 Å². The summed E-state index contributed by atoms with van der Waals surface area (Å²) in [5, 5.41) is 13.5. The van der Waals surface area contributed by atoms with Gasteiger partial charge in [-0.3, -0.25) is 9.69 Å². The molecule has 2 fully saturated rings. The second kappa shape index (κ2) is 5.00. The summed E-state index contributed by atoms with van der Waals surface area (Å²) in [4.78, 5) is 17.8. The summed E-state index contributed by atoms with van der Waals surface area (Å²) in [5.74, 6) is -0.202. The molecule has 2 saturated heterocycles. The van der Waals surface area contributed by atoms with Gasteiger partial charge in [0.25, 0.3) is 0 Å². The molecule has 0 amide bonds. The van der Waals surface area contributed by atoms with Crippen LogP contribution in [0.15, 0.2) is 4.52 Å². The number of fused-ring (bicyclic) bond motifs is 1. The molecule has 9 nitrogen and oxygen atoms in total. The predicted molar refractivity (Wildman–Crippen MR) is 74.3 cm³/mol. The molecule has 2 aliphatic heterocycles. The summed E-state index contributed by atoms with van der Waals surface area (Å²) in [6, 6.07) is 0. The van der Waals surface area contributed by atoms with E-state index in [1.54, 1.807) is 6.92 Å². The van der Waals surface area contributed by atoms with Gasteiger partial charge in [0.1, 0.15) is 0 Å².